The van der Waals surface area contributed by atoms with Crippen molar-refractivity contribution in [2.24, 2.45) is 4.99 Å². The molecule has 1 aliphatic rings. The number of aliphatic imine (C=N–C) groups is 1. The van der Waals surface area contributed by atoms with Crippen LogP contribution in [0.25, 0.3) is 0 Å². The van der Waals surface area contributed by atoms with Gasteiger partial charge in [-0.3, -0.25) is 0 Å². The van der Waals surface area contributed by atoms with E-state index in [0.29, 0.717) is 6.54 Å². The van der Waals surface area contributed by atoms with Crippen LogP contribution in [-0.2, 0) is 6.54 Å². The lowest BCUT2D eigenvalue weighted by Crippen LogP contribution is -2.39. The monoisotopic (exact) mass is 341 g/mol. The molecular formula is C20H24FN3O. The van der Waals surface area contributed by atoms with E-state index in [4.69, 9.17) is 4.74 Å². The first kappa shape index (κ1) is 17.3. The summed E-state index contributed by atoms with van der Waals surface area (Å²) in [5.41, 5.74) is 1.81. The Balaban J connectivity index is 1.65. The van der Waals surface area contributed by atoms with Crippen molar-refractivity contribution in [2.75, 3.05) is 13.7 Å². The molecule has 0 saturated heterocycles. The molecule has 0 bridgehead atoms. The van der Waals surface area contributed by atoms with E-state index in [1.807, 2.05) is 43.3 Å². The molecule has 0 amide bonds. The van der Waals surface area contributed by atoms with E-state index in [1.54, 1.807) is 13.2 Å². The molecule has 2 N–H and O–H groups in total. The third kappa shape index (κ3) is 4.29. The number of methoxy groups -OCH3 is 1. The highest BCUT2D eigenvalue weighted by molar-refractivity contribution is 5.80. The van der Waals surface area contributed by atoms with Crippen LogP contribution in [0.4, 0.5) is 4.39 Å². The SMILES string of the molecule is CCNC(=NCc1ccccc1OC)NC1CC1c1ccccc1F. The summed E-state index contributed by atoms with van der Waals surface area (Å²) in [6.45, 7) is 3.33. The molecule has 0 aromatic heterocycles. The number of halogens is 1. The van der Waals surface area contributed by atoms with Gasteiger partial charge in [0.05, 0.1) is 13.7 Å². The topological polar surface area (TPSA) is 45.7 Å². The van der Waals surface area contributed by atoms with Crippen molar-refractivity contribution in [3.8, 4) is 5.75 Å². The summed E-state index contributed by atoms with van der Waals surface area (Å²) >= 11 is 0. The molecule has 5 heteroatoms. The van der Waals surface area contributed by atoms with Crippen LogP contribution >= 0.6 is 0 Å². The molecule has 3 rings (SSSR count). The van der Waals surface area contributed by atoms with Gasteiger partial charge in [0.1, 0.15) is 11.6 Å². The highest BCUT2D eigenvalue weighted by atomic mass is 19.1. The molecule has 1 fully saturated rings. The number of hydrogen-bond donors (Lipinski definition) is 2. The lowest BCUT2D eigenvalue weighted by Gasteiger charge is -2.12. The summed E-state index contributed by atoms with van der Waals surface area (Å²) in [5.74, 6) is 1.65. The standard InChI is InChI=1S/C20H24FN3O/c1-3-22-20(23-13-14-8-4-7-11-19(14)25-2)24-18-12-16(18)15-9-5-6-10-17(15)21/h4-11,16,18H,3,12-13H2,1-2H3,(H2,22,23,24). The Hall–Kier alpha value is -2.56. The second-order valence-electron chi connectivity index (χ2n) is 6.12. The molecule has 2 unspecified atom stereocenters. The summed E-state index contributed by atoms with van der Waals surface area (Å²) in [4.78, 5) is 4.64. The maximum atomic E-state index is 13.9. The number of para-hydroxylation sites is 1. The molecule has 0 heterocycles. The van der Waals surface area contributed by atoms with Crippen LogP contribution in [0.3, 0.4) is 0 Å². The summed E-state index contributed by atoms with van der Waals surface area (Å²) in [6, 6.07) is 15.1. The molecule has 1 saturated carbocycles. The van der Waals surface area contributed by atoms with E-state index in [-0.39, 0.29) is 17.8 Å². The minimum absolute atomic E-state index is 0.132. The summed E-state index contributed by atoms with van der Waals surface area (Å²) < 4.78 is 19.3. The zero-order chi connectivity index (χ0) is 17.6. The Morgan fingerprint density at radius 2 is 1.96 bits per heavy atom. The number of nitrogens with zero attached hydrogens (tertiary/aromatic N) is 1. The fourth-order valence-corrected chi connectivity index (χ4v) is 2.97. The lowest BCUT2D eigenvalue weighted by atomic mass is 10.1. The quantitative estimate of drug-likeness (QED) is 0.625. The number of guanidine groups is 1. The smallest absolute Gasteiger partial charge is 0.191 e. The van der Waals surface area contributed by atoms with Gasteiger partial charge in [0.2, 0.25) is 0 Å². The maximum absolute atomic E-state index is 13.9. The minimum Gasteiger partial charge on any atom is -0.496 e. The van der Waals surface area contributed by atoms with Gasteiger partial charge in [-0.1, -0.05) is 36.4 Å². The van der Waals surface area contributed by atoms with Gasteiger partial charge in [0.25, 0.3) is 0 Å². The van der Waals surface area contributed by atoms with Gasteiger partial charge in [-0.15, -0.1) is 0 Å². The first-order valence-corrected chi connectivity index (χ1v) is 8.64. The molecule has 0 radical (unpaired) electrons. The minimum atomic E-state index is -0.132. The van der Waals surface area contributed by atoms with Gasteiger partial charge >= 0.3 is 0 Å². The Morgan fingerprint density at radius 1 is 1.20 bits per heavy atom. The molecule has 4 nitrogen and oxygen atoms in total. The number of benzene rings is 2. The van der Waals surface area contributed by atoms with Crippen LogP contribution in [0.2, 0.25) is 0 Å². The Bertz CT molecular complexity index is 747. The molecule has 1 aliphatic carbocycles. The second-order valence-corrected chi connectivity index (χ2v) is 6.12. The van der Waals surface area contributed by atoms with Crippen molar-refractivity contribution in [1.29, 1.82) is 0 Å². The van der Waals surface area contributed by atoms with Crippen molar-refractivity contribution in [3.63, 3.8) is 0 Å². The van der Waals surface area contributed by atoms with Gasteiger partial charge < -0.3 is 15.4 Å². The van der Waals surface area contributed by atoms with Crippen molar-refractivity contribution in [1.82, 2.24) is 10.6 Å². The molecule has 2 aromatic rings. The van der Waals surface area contributed by atoms with Crippen LogP contribution in [0.15, 0.2) is 53.5 Å². The molecule has 0 spiro atoms. The molecule has 132 valence electrons. The predicted molar refractivity (Wildman–Crippen MR) is 98.5 cm³/mol. The molecule has 0 aliphatic heterocycles. The first-order valence-electron chi connectivity index (χ1n) is 8.64. The average molecular weight is 341 g/mol. The van der Waals surface area contributed by atoms with E-state index in [2.05, 4.69) is 15.6 Å². The first-order chi connectivity index (χ1) is 12.2. The van der Waals surface area contributed by atoms with Crippen LogP contribution in [0.5, 0.6) is 5.75 Å². The zero-order valence-electron chi connectivity index (χ0n) is 14.6. The van der Waals surface area contributed by atoms with Crippen LogP contribution < -0.4 is 15.4 Å². The number of rotatable bonds is 6. The summed E-state index contributed by atoms with van der Waals surface area (Å²) in [5, 5.41) is 6.66. The van der Waals surface area contributed by atoms with Crippen LogP contribution in [-0.4, -0.2) is 25.7 Å². The number of nitrogens with one attached hydrogen (secondary N) is 2. The van der Waals surface area contributed by atoms with E-state index in [9.17, 15) is 4.39 Å². The highest BCUT2D eigenvalue weighted by Crippen LogP contribution is 2.41. The average Bonchev–Trinajstić information content (AvgIpc) is 3.39. The molecular weight excluding hydrogens is 317 g/mol. The highest BCUT2D eigenvalue weighted by Gasteiger charge is 2.40. The van der Waals surface area contributed by atoms with Crippen molar-refractivity contribution in [2.45, 2.75) is 31.8 Å². The largest absolute Gasteiger partial charge is 0.496 e. The lowest BCUT2D eigenvalue weighted by molar-refractivity contribution is 0.410. The Morgan fingerprint density at radius 3 is 2.72 bits per heavy atom. The Kier molecular flexibility index (Phi) is 5.53. The zero-order valence-corrected chi connectivity index (χ0v) is 14.6. The van der Waals surface area contributed by atoms with Gasteiger partial charge in [-0.25, -0.2) is 9.38 Å². The van der Waals surface area contributed by atoms with E-state index >= 15 is 0 Å². The van der Waals surface area contributed by atoms with Gasteiger partial charge in [-0.05, 0) is 31.0 Å². The van der Waals surface area contributed by atoms with Crippen molar-refractivity contribution >= 4 is 5.96 Å². The van der Waals surface area contributed by atoms with Crippen molar-refractivity contribution < 1.29 is 9.13 Å². The normalized spacial score (nSPS) is 19.4. The predicted octanol–water partition coefficient (Wildman–Crippen LogP) is 3.45. The third-order valence-corrected chi connectivity index (χ3v) is 4.36. The number of hydrogen-bond acceptors (Lipinski definition) is 2. The maximum Gasteiger partial charge on any atom is 0.191 e. The summed E-state index contributed by atoms with van der Waals surface area (Å²) in [6.07, 6.45) is 0.917. The fourth-order valence-electron chi connectivity index (χ4n) is 2.97. The number of ether oxygens (including phenoxy) is 1. The summed E-state index contributed by atoms with van der Waals surface area (Å²) in [7, 11) is 1.66. The van der Waals surface area contributed by atoms with Crippen molar-refractivity contribution in [3.05, 3.63) is 65.5 Å². The molecule has 25 heavy (non-hydrogen) atoms. The van der Waals surface area contributed by atoms with Gasteiger partial charge in [0.15, 0.2) is 5.96 Å². The fraction of sp³-hybridized carbons (Fsp3) is 0.350. The molecule has 2 aromatic carbocycles. The molecule has 2 atom stereocenters. The third-order valence-electron chi connectivity index (χ3n) is 4.36. The second kappa shape index (κ2) is 8.01. The van der Waals surface area contributed by atoms with Crippen LogP contribution in [0, 0.1) is 5.82 Å². The Labute approximate surface area is 148 Å². The van der Waals surface area contributed by atoms with Crippen LogP contribution in [0.1, 0.15) is 30.4 Å². The van der Waals surface area contributed by atoms with Gasteiger partial charge in [0, 0.05) is 24.1 Å². The van der Waals surface area contributed by atoms with E-state index in [0.717, 1.165) is 35.8 Å². The van der Waals surface area contributed by atoms with E-state index < -0.39 is 0 Å². The van der Waals surface area contributed by atoms with E-state index in [1.165, 1.54) is 6.07 Å². The van der Waals surface area contributed by atoms with Gasteiger partial charge in [-0.2, -0.15) is 0 Å².